The van der Waals surface area contributed by atoms with Gasteiger partial charge in [-0.15, -0.1) is 0 Å². The molecule has 0 aliphatic heterocycles. The number of rotatable bonds is 6. The number of halogens is 1. The zero-order valence-corrected chi connectivity index (χ0v) is 37.6. The molecule has 0 bridgehead atoms. The Bertz CT molecular complexity index is 3940. The van der Waals surface area contributed by atoms with Crippen LogP contribution in [-0.4, -0.2) is 19.9 Å². The SMILES string of the molecule is CC1(C)c2cc(-c3cccc4c3[nH]c3c5ccccc5c5ccccc5c43)ccc2-c2cccc(-c3cccc(-c4ccc(-c5nc(Cl)nc(-c6ccc(-c7ccccc7)cc6)n5)cc4)c3)c21. The zero-order chi connectivity index (χ0) is 44.8. The fourth-order valence-electron chi connectivity index (χ4n) is 10.8. The highest BCUT2D eigenvalue weighted by molar-refractivity contribution is 6.32. The molecule has 316 valence electrons. The molecule has 0 saturated carbocycles. The number of hydrogen-bond acceptors (Lipinski definition) is 3. The maximum absolute atomic E-state index is 6.51. The van der Waals surface area contributed by atoms with Crippen LogP contribution in [-0.2, 0) is 5.41 Å². The Labute approximate surface area is 393 Å². The first-order valence-corrected chi connectivity index (χ1v) is 23.2. The third-order valence-corrected chi connectivity index (χ3v) is 14.2. The largest absolute Gasteiger partial charge is 0.353 e. The van der Waals surface area contributed by atoms with Gasteiger partial charge in [0, 0.05) is 38.3 Å². The molecule has 0 fully saturated rings. The molecule has 0 amide bonds. The highest BCUT2D eigenvalue weighted by Crippen LogP contribution is 2.53. The summed E-state index contributed by atoms with van der Waals surface area (Å²) >= 11 is 6.51. The van der Waals surface area contributed by atoms with E-state index in [1.165, 1.54) is 87.9 Å². The van der Waals surface area contributed by atoms with Crippen molar-refractivity contribution in [2.75, 3.05) is 0 Å². The molecular weight excluding hydrogens is 836 g/mol. The van der Waals surface area contributed by atoms with Crippen LogP contribution >= 0.6 is 11.6 Å². The topological polar surface area (TPSA) is 54.5 Å². The molecule has 2 aromatic heterocycles. The van der Waals surface area contributed by atoms with Crippen LogP contribution in [0, 0.1) is 0 Å². The minimum atomic E-state index is -0.246. The van der Waals surface area contributed by atoms with Crippen LogP contribution in [0.25, 0.3) is 122 Å². The lowest BCUT2D eigenvalue weighted by molar-refractivity contribution is 0.662. The summed E-state index contributed by atoms with van der Waals surface area (Å²) in [4.78, 5) is 17.8. The van der Waals surface area contributed by atoms with Crippen LogP contribution in [0.5, 0.6) is 0 Å². The number of nitrogens with zero attached hydrogens (tertiary/aromatic N) is 3. The Hall–Kier alpha value is -8.18. The number of aromatic nitrogens is 4. The van der Waals surface area contributed by atoms with Crippen LogP contribution in [0.4, 0.5) is 0 Å². The summed E-state index contributed by atoms with van der Waals surface area (Å²) in [7, 11) is 0. The van der Waals surface area contributed by atoms with E-state index in [1.54, 1.807) is 0 Å². The van der Waals surface area contributed by atoms with Gasteiger partial charge in [-0.2, -0.15) is 9.97 Å². The van der Waals surface area contributed by atoms with Gasteiger partial charge in [0.05, 0.1) is 11.0 Å². The lowest BCUT2D eigenvalue weighted by Crippen LogP contribution is -2.16. The predicted octanol–water partition coefficient (Wildman–Crippen LogP) is 16.8. The number of H-pyrrole nitrogens is 1. The number of benzene rings is 10. The Kier molecular flexibility index (Phi) is 8.89. The standard InChI is InChI=1S/C62H41ClN4/c1-62(2)54-36-44(46-22-12-24-53-55-50-19-8-6-17-47(50)48-18-7-9-20-52(48)58(55)64-57(46)53)33-34-49(54)51-23-11-21-45(56(51)62)43-16-10-15-42(35-43)39-27-31-41(32-28-39)60-65-59(66-61(63)67-60)40-29-25-38(26-30-40)37-13-4-3-5-14-37/h3-36,64H,1-2H3. The molecule has 1 aliphatic rings. The molecule has 0 spiro atoms. The smallest absolute Gasteiger partial charge is 0.226 e. The average Bonchev–Trinajstić information content (AvgIpc) is 3.89. The van der Waals surface area contributed by atoms with Crippen molar-refractivity contribution in [1.29, 1.82) is 0 Å². The molecule has 67 heavy (non-hydrogen) atoms. The van der Waals surface area contributed by atoms with Crippen molar-refractivity contribution in [2.45, 2.75) is 19.3 Å². The summed E-state index contributed by atoms with van der Waals surface area (Å²) in [5.41, 5.74) is 18.5. The van der Waals surface area contributed by atoms with Gasteiger partial charge in [-0.05, 0) is 101 Å². The van der Waals surface area contributed by atoms with Crippen LogP contribution in [0.3, 0.4) is 0 Å². The predicted molar refractivity (Wildman–Crippen MR) is 279 cm³/mol. The average molecular weight is 877 g/mol. The number of fused-ring (bicyclic) bond motifs is 11. The number of aromatic amines is 1. The van der Waals surface area contributed by atoms with Crippen molar-refractivity contribution in [3.05, 3.63) is 223 Å². The molecule has 2 heterocycles. The Morgan fingerprint density at radius 2 is 0.851 bits per heavy atom. The third-order valence-electron chi connectivity index (χ3n) is 14.0. The van der Waals surface area contributed by atoms with Crippen LogP contribution in [0.2, 0.25) is 5.28 Å². The van der Waals surface area contributed by atoms with Gasteiger partial charge in [-0.3, -0.25) is 0 Å². The molecule has 0 saturated heterocycles. The summed E-state index contributed by atoms with van der Waals surface area (Å²) in [6.45, 7) is 4.77. The minimum Gasteiger partial charge on any atom is -0.353 e. The van der Waals surface area contributed by atoms with Gasteiger partial charge in [-0.25, -0.2) is 4.98 Å². The van der Waals surface area contributed by atoms with Gasteiger partial charge in [0.1, 0.15) is 0 Å². The fourth-order valence-corrected chi connectivity index (χ4v) is 11.0. The van der Waals surface area contributed by atoms with Gasteiger partial charge in [0.15, 0.2) is 11.6 Å². The first-order chi connectivity index (χ1) is 32.9. The van der Waals surface area contributed by atoms with Gasteiger partial charge in [-0.1, -0.05) is 208 Å². The van der Waals surface area contributed by atoms with Crippen LogP contribution in [0.15, 0.2) is 206 Å². The highest BCUT2D eigenvalue weighted by atomic mass is 35.5. The van der Waals surface area contributed by atoms with Gasteiger partial charge in [0.2, 0.25) is 5.28 Å². The molecule has 13 rings (SSSR count). The molecule has 10 aromatic carbocycles. The summed E-state index contributed by atoms with van der Waals surface area (Å²) < 4.78 is 0. The second kappa shape index (κ2) is 15.2. The van der Waals surface area contributed by atoms with E-state index in [-0.39, 0.29) is 10.7 Å². The van der Waals surface area contributed by atoms with Crippen molar-refractivity contribution in [3.63, 3.8) is 0 Å². The Morgan fingerprint density at radius 3 is 1.58 bits per heavy atom. The molecule has 1 N–H and O–H groups in total. The number of para-hydroxylation sites is 1. The molecule has 0 unspecified atom stereocenters. The van der Waals surface area contributed by atoms with Crippen LogP contribution < -0.4 is 0 Å². The molecule has 12 aromatic rings. The summed E-state index contributed by atoms with van der Waals surface area (Å²) in [5, 5.41) is 7.78. The van der Waals surface area contributed by atoms with E-state index in [0.717, 1.165) is 33.4 Å². The van der Waals surface area contributed by atoms with Gasteiger partial charge < -0.3 is 4.98 Å². The van der Waals surface area contributed by atoms with Crippen molar-refractivity contribution in [3.8, 4) is 78.4 Å². The van der Waals surface area contributed by atoms with Gasteiger partial charge >= 0.3 is 0 Å². The molecule has 5 heteroatoms. The normalized spacial score (nSPS) is 12.8. The summed E-state index contributed by atoms with van der Waals surface area (Å²) in [6, 6.07) is 74.1. The highest BCUT2D eigenvalue weighted by Gasteiger charge is 2.38. The van der Waals surface area contributed by atoms with E-state index >= 15 is 0 Å². The van der Waals surface area contributed by atoms with E-state index in [9.17, 15) is 0 Å². The maximum atomic E-state index is 6.51. The van der Waals surface area contributed by atoms with Crippen molar-refractivity contribution >= 4 is 55.0 Å². The second-order valence-corrected chi connectivity index (χ2v) is 18.5. The number of nitrogens with one attached hydrogen (secondary N) is 1. The molecule has 4 nitrogen and oxygen atoms in total. The summed E-state index contributed by atoms with van der Waals surface area (Å²) in [5.74, 6) is 1.07. The monoisotopic (exact) mass is 876 g/mol. The molecule has 1 aliphatic carbocycles. The van der Waals surface area contributed by atoms with Crippen molar-refractivity contribution in [2.24, 2.45) is 0 Å². The fraction of sp³-hybridized carbons (Fsp3) is 0.0484. The first kappa shape index (κ1) is 39.2. The lowest BCUT2D eigenvalue weighted by atomic mass is 9.78. The Balaban J connectivity index is 0.826. The quantitative estimate of drug-likeness (QED) is 0.169. The van der Waals surface area contributed by atoms with E-state index in [1.807, 2.05) is 30.3 Å². The van der Waals surface area contributed by atoms with E-state index in [2.05, 4.69) is 205 Å². The second-order valence-electron chi connectivity index (χ2n) is 18.2. The van der Waals surface area contributed by atoms with E-state index in [0.29, 0.717) is 11.6 Å². The lowest BCUT2D eigenvalue weighted by Gasteiger charge is -2.25. The van der Waals surface area contributed by atoms with E-state index in [4.69, 9.17) is 16.6 Å². The van der Waals surface area contributed by atoms with Crippen LogP contribution in [0.1, 0.15) is 25.0 Å². The first-order valence-electron chi connectivity index (χ1n) is 22.8. The third kappa shape index (κ3) is 6.32. The molecule has 0 radical (unpaired) electrons. The van der Waals surface area contributed by atoms with Crippen molar-refractivity contribution < 1.29 is 0 Å². The van der Waals surface area contributed by atoms with Gasteiger partial charge in [0.25, 0.3) is 0 Å². The van der Waals surface area contributed by atoms with E-state index < -0.39 is 0 Å². The molecule has 0 atom stereocenters. The van der Waals surface area contributed by atoms with Crippen molar-refractivity contribution in [1.82, 2.24) is 19.9 Å². The maximum Gasteiger partial charge on any atom is 0.226 e. The number of hydrogen-bond donors (Lipinski definition) is 1. The molecular formula is C62H41ClN4. The minimum absolute atomic E-state index is 0.162. The summed E-state index contributed by atoms with van der Waals surface area (Å²) in [6.07, 6.45) is 0. The Morgan fingerprint density at radius 1 is 0.358 bits per heavy atom. The zero-order valence-electron chi connectivity index (χ0n) is 36.8.